The number of fused-ring (bicyclic) bond motifs is 1. The summed E-state index contributed by atoms with van der Waals surface area (Å²) in [6.45, 7) is 2.03. The monoisotopic (exact) mass is 443 g/mol. The van der Waals surface area contributed by atoms with Gasteiger partial charge >= 0.3 is 12.1 Å². The van der Waals surface area contributed by atoms with Crippen LogP contribution in [0.3, 0.4) is 0 Å². The molecule has 1 aromatic carbocycles. The number of hydrogen-bond donors (Lipinski definition) is 1. The molecular formula is C19H17ClF3N3O2S. The Morgan fingerprint density at radius 3 is 2.83 bits per heavy atom. The number of rotatable bonds is 4. The van der Waals surface area contributed by atoms with Crippen molar-refractivity contribution in [2.75, 3.05) is 13.1 Å². The number of hydrogen-bond acceptors (Lipinski definition) is 4. The summed E-state index contributed by atoms with van der Waals surface area (Å²) in [5, 5.41) is 3.16. The van der Waals surface area contributed by atoms with Crippen LogP contribution in [0.25, 0.3) is 10.4 Å². The number of carbonyl (C=O) groups is 2. The molecule has 2 aromatic rings. The number of halogens is 4. The fourth-order valence-corrected chi connectivity index (χ4v) is 4.99. The van der Waals surface area contributed by atoms with E-state index in [4.69, 9.17) is 11.6 Å². The summed E-state index contributed by atoms with van der Waals surface area (Å²) in [7, 11) is 0. The van der Waals surface area contributed by atoms with Gasteiger partial charge in [-0.2, -0.15) is 13.2 Å². The largest absolute Gasteiger partial charge is 0.471 e. The van der Waals surface area contributed by atoms with E-state index in [2.05, 4.69) is 4.98 Å². The smallest absolute Gasteiger partial charge is 0.346 e. The molecule has 2 fully saturated rings. The molecule has 2 aliphatic rings. The number of nitrogens with one attached hydrogen (secondary N) is 1. The van der Waals surface area contributed by atoms with E-state index in [1.165, 1.54) is 11.3 Å². The van der Waals surface area contributed by atoms with Crippen molar-refractivity contribution in [1.82, 2.24) is 15.2 Å². The third-order valence-corrected chi connectivity index (χ3v) is 6.57. The number of aryl methyl sites for hydroxylation is 1. The Morgan fingerprint density at radius 2 is 2.14 bits per heavy atom. The third-order valence-electron chi connectivity index (χ3n) is 5.32. The van der Waals surface area contributed by atoms with Crippen LogP contribution in [-0.4, -0.2) is 47.0 Å². The highest BCUT2D eigenvalue weighted by atomic mass is 35.5. The van der Waals surface area contributed by atoms with Crippen molar-refractivity contribution in [2.24, 2.45) is 11.8 Å². The minimum atomic E-state index is -4.94. The molecule has 1 saturated carbocycles. The van der Waals surface area contributed by atoms with Crippen molar-refractivity contribution < 1.29 is 22.8 Å². The van der Waals surface area contributed by atoms with E-state index in [1.807, 2.05) is 11.4 Å². The number of alkyl halides is 3. The minimum absolute atomic E-state index is 0.113. The number of benzene rings is 1. The summed E-state index contributed by atoms with van der Waals surface area (Å²) in [6, 6.07) is 6.62. The summed E-state index contributed by atoms with van der Waals surface area (Å²) < 4.78 is 37.5. The first kappa shape index (κ1) is 20.2. The lowest BCUT2D eigenvalue weighted by Crippen LogP contribution is -2.48. The molecular weight excluding hydrogens is 427 g/mol. The number of amides is 2. The number of aromatic nitrogens is 1. The highest BCUT2D eigenvalue weighted by molar-refractivity contribution is 7.15. The van der Waals surface area contributed by atoms with Gasteiger partial charge in [0.1, 0.15) is 5.69 Å². The standard InChI is InChI=1S/C19H17ClF3N3O2S/c1-9-25-15(16(29-9)10-3-2-4-12(20)5-10)17(27)26-8-11-6-13(11)14(26)7-24-18(28)19(21,22)23/h2-5,11,13-14H,6-8H2,1H3,(H,24,28). The van der Waals surface area contributed by atoms with Crippen LogP contribution in [0.2, 0.25) is 5.02 Å². The van der Waals surface area contributed by atoms with E-state index in [9.17, 15) is 22.8 Å². The van der Waals surface area contributed by atoms with Crippen molar-refractivity contribution in [3.63, 3.8) is 0 Å². The Morgan fingerprint density at radius 1 is 1.38 bits per heavy atom. The second kappa shape index (κ2) is 7.28. The second-order valence-corrected chi connectivity index (χ2v) is 8.95. The molecule has 1 saturated heterocycles. The van der Waals surface area contributed by atoms with E-state index in [0.717, 1.165) is 12.0 Å². The summed E-state index contributed by atoms with van der Waals surface area (Å²) in [5.41, 5.74) is 1.03. The SMILES string of the molecule is Cc1nc(C(=O)N2CC3CC3C2CNC(=O)C(F)(F)F)c(-c2cccc(Cl)c2)s1. The second-order valence-electron chi connectivity index (χ2n) is 7.31. The van der Waals surface area contributed by atoms with E-state index in [0.29, 0.717) is 21.5 Å². The van der Waals surface area contributed by atoms with E-state index in [-0.39, 0.29) is 30.0 Å². The van der Waals surface area contributed by atoms with Crippen LogP contribution in [0.5, 0.6) is 0 Å². The minimum Gasteiger partial charge on any atom is -0.346 e. The molecule has 5 nitrogen and oxygen atoms in total. The molecule has 154 valence electrons. The highest BCUT2D eigenvalue weighted by Crippen LogP contribution is 2.50. The first-order valence-corrected chi connectivity index (χ1v) is 10.2. The maximum absolute atomic E-state index is 13.3. The lowest BCUT2D eigenvalue weighted by Gasteiger charge is -2.27. The topological polar surface area (TPSA) is 62.3 Å². The molecule has 1 aliphatic heterocycles. The van der Waals surface area contributed by atoms with Crippen molar-refractivity contribution in [3.8, 4) is 10.4 Å². The fourth-order valence-electron chi connectivity index (χ4n) is 3.90. The van der Waals surface area contributed by atoms with Gasteiger partial charge in [0.25, 0.3) is 5.91 Å². The number of likely N-dealkylation sites (tertiary alicyclic amines) is 1. The number of thiazole rings is 1. The van der Waals surface area contributed by atoms with Crippen LogP contribution in [0.15, 0.2) is 24.3 Å². The number of nitrogens with zero attached hydrogens (tertiary/aromatic N) is 2. The zero-order chi connectivity index (χ0) is 20.9. The Hall–Kier alpha value is -2.13. The van der Waals surface area contributed by atoms with Gasteiger partial charge in [-0.15, -0.1) is 11.3 Å². The van der Waals surface area contributed by atoms with Crippen molar-refractivity contribution in [3.05, 3.63) is 40.0 Å². The molecule has 4 rings (SSSR count). The quantitative estimate of drug-likeness (QED) is 0.779. The molecule has 0 spiro atoms. The molecule has 3 unspecified atom stereocenters. The van der Waals surface area contributed by atoms with Gasteiger partial charge in [0.2, 0.25) is 0 Å². The predicted molar refractivity (Wildman–Crippen MR) is 103 cm³/mol. The maximum Gasteiger partial charge on any atom is 0.471 e. The molecule has 1 aromatic heterocycles. The lowest BCUT2D eigenvalue weighted by atomic mass is 10.1. The number of piperidine rings is 1. The van der Waals surface area contributed by atoms with Crippen LogP contribution in [-0.2, 0) is 4.79 Å². The Labute approximate surface area is 173 Å². The van der Waals surface area contributed by atoms with Crippen molar-refractivity contribution in [1.29, 1.82) is 0 Å². The van der Waals surface area contributed by atoms with Gasteiger partial charge in [-0.3, -0.25) is 9.59 Å². The molecule has 3 atom stereocenters. The molecule has 0 bridgehead atoms. The third kappa shape index (κ3) is 3.98. The first-order chi connectivity index (χ1) is 13.6. The summed E-state index contributed by atoms with van der Waals surface area (Å²) in [5.74, 6) is -1.94. The average Bonchev–Trinajstić information content (AvgIpc) is 3.16. The molecule has 2 amide bonds. The molecule has 10 heteroatoms. The normalized spacial score (nSPS) is 23.1. The Balaban J connectivity index is 1.57. The van der Waals surface area contributed by atoms with Gasteiger partial charge in [0, 0.05) is 18.1 Å². The van der Waals surface area contributed by atoms with Gasteiger partial charge < -0.3 is 10.2 Å². The molecule has 1 N–H and O–H groups in total. The molecule has 1 aliphatic carbocycles. The highest BCUT2D eigenvalue weighted by Gasteiger charge is 2.54. The first-order valence-electron chi connectivity index (χ1n) is 9.04. The summed E-state index contributed by atoms with van der Waals surface area (Å²) in [6.07, 6.45) is -4.09. The van der Waals surface area contributed by atoms with Crippen LogP contribution < -0.4 is 5.32 Å². The van der Waals surface area contributed by atoms with Crippen molar-refractivity contribution in [2.45, 2.75) is 25.6 Å². The fraction of sp³-hybridized carbons (Fsp3) is 0.421. The lowest BCUT2D eigenvalue weighted by molar-refractivity contribution is -0.173. The Kier molecular flexibility index (Phi) is 5.06. The molecule has 29 heavy (non-hydrogen) atoms. The van der Waals surface area contributed by atoms with Gasteiger partial charge in [-0.1, -0.05) is 23.7 Å². The van der Waals surface area contributed by atoms with E-state index in [1.54, 1.807) is 30.0 Å². The zero-order valence-corrected chi connectivity index (χ0v) is 16.9. The van der Waals surface area contributed by atoms with E-state index < -0.39 is 18.1 Å². The Bertz CT molecular complexity index is 978. The van der Waals surface area contributed by atoms with Crippen LogP contribution in [0.4, 0.5) is 13.2 Å². The average molecular weight is 444 g/mol. The van der Waals surface area contributed by atoms with Gasteiger partial charge in [-0.25, -0.2) is 4.98 Å². The van der Waals surface area contributed by atoms with Gasteiger partial charge in [-0.05, 0) is 42.9 Å². The van der Waals surface area contributed by atoms with Crippen LogP contribution in [0, 0.1) is 18.8 Å². The maximum atomic E-state index is 13.3. The van der Waals surface area contributed by atoms with Crippen molar-refractivity contribution >= 4 is 34.8 Å². The zero-order valence-electron chi connectivity index (χ0n) is 15.3. The predicted octanol–water partition coefficient (Wildman–Crippen LogP) is 3.91. The molecule has 0 radical (unpaired) electrons. The van der Waals surface area contributed by atoms with E-state index >= 15 is 0 Å². The van der Waals surface area contributed by atoms with Gasteiger partial charge in [0.15, 0.2) is 0 Å². The van der Waals surface area contributed by atoms with Gasteiger partial charge in [0.05, 0.1) is 15.9 Å². The van der Waals surface area contributed by atoms with Crippen LogP contribution >= 0.6 is 22.9 Å². The van der Waals surface area contributed by atoms with Crippen LogP contribution in [0.1, 0.15) is 21.9 Å². The number of carbonyl (C=O) groups excluding carboxylic acids is 2. The summed E-state index contributed by atoms with van der Waals surface area (Å²) in [4.78, 5) is 31.1. The molecule has 2 heterocycles. The summed E-state index contributed by atoms with van der Waals surface area (Å²) >= 11 is 7.44.